The Morgan fingerprint density at radius 3 is 2.56 bits per heavy atom. The molecule has 1 aliphatic rings. The third-order valence-corrected chi connectivity index (χ3v) is 3.09. The fourth-order valence-electron chi connectivity index (χ4n) is 2.14. The number of amides is 3. The smallest absolute Gasteiger partial charge is 0.324 e. The van der Waals surface area contributed by atoms with Gasteiger partial charge in [0.25, 0.3) is 0 Å². The SMILES string of the molecule is O=C1CNC(=O)N1Cc1ccc2ccccc2c1. The lowest BCUT2D eigenvalue weighted by molar-refractivity contribution is -0.125. The Labute approximate surface area is 104 Å². The third-order valence-electron chi connectivity index (χ3n) is 3.09. The van der Waals surface area contributed by atoms with Crippen LogP contribution >= 0.6 is 0 Å². The number of imide groups is 1. The highest BCUT2D eigenvalue weighted by Crippen LogP contribution is 2.17. The van der Waals surface area contributed by atoms with E-state index in [1.807, 2.05) is 42.5 Å². The fraction of sp³-hybridized carbons (Fsp3) is 0.143. The maximum absolute atomic E-state index is 11.5. The van der Waals surface area contributed by atoms with E-state index >= 15 is 0 Å². The van der Waals surface area contributed by atoms with Crippen LogP contribution in [-0.2, 0) is 11.3 Å². The van der Waals surface area contributed by atoms with Crippen LogP contribution in [0.3, 0.4) is 0 Å². The summed E-state index contributed by atoms with van der Waals surface area (Å²) in [5.41, 5.74) is 0.958. The van der Waals surface area contributed by atoms with Crippen molar-refractivity contribution in [3.05, 3.63) is 48.0 Å². The van der Waals surface area contributed by atoms with Crippen molar-refractivity contribution >= 4 is 22.7 Å². The van der Waals surface area contributed by atoms with Gasteiger partial charge in [-0.3, -0.25) is 9.69 Å². The number of nitrogens with zero attached hydrogens (tertiary/aromatic N) is 1. The van der Waals surface area contributed by atoms with Gasteiger partial charge in [0.2, 0.25) is 5.91 Å². The molecule has 2 aromatic carbocycles. The van der Waals surface area contributed by atoms with Crippen LogP contribution in [0.25, 0.3) is 10.8 Å². The number of fused-ring (bicyclic) bond motifs is 1. The van der Waals surface area contributed by atoms with Crippen molar-refractivity contribution in [3.63, 3.8) is 0 Å². The molecule has 1 aliphatic heterocycles. The second-order valence-corrected chi connectivity index (χ2v) is 4.32. The van der Waals surface area contributed by atoms with Gasteiger partial charge in [0.1, 0.15) is 0 Å². The second-order valence-electron chi connectivity index (χ2n) is 4.32. The van der Waals surface area contributed by atoms with Gasteiger partial charge < -0.3 is 5.32 Å². The number of hydrogen-bond donors (Lipinski definition) is 1. The van der Waals surface area contributed by atoms with Crippen molar-refractivity contribution in [1.29, 1.82) is 0 Å². The van der Waals surface area contributed by atoms with Crippen molar-refractivity contribution in [2.45, 2.75) is 6.54 Å². The standard InChI is InChI=1S/C14H12N2O2/c17-13-8-15-14(18)16(13)9-10-5-6-11-3-1-2-4-12(11)7-10/h1-7H,8-9H2,(H,15,18). The Kier molecular flexibility index (Phi) is 2.48. The molecule has 0 radical (unpaired) electrons. The highest BCUT2D eigenvalue weighted by molar-refractivity contribution is 6.01. The van der Waals surface area contributed by atoms with Crippen LogP contribution in [0, 0.1) is 0 Å². The number of nitrogens with one attached hydrogen (secondary N) is 1. The van der Waals surface area contributed by atoms with E-state index in [2.05, 4.69) is 5.32 Å². The molecule has 1 N–H and O–H groups in total. The van der Waals surface area contributed by atoms with E-state index in [1.165, 1.54) is 4.90 Å². The highest BCUT2D eigenvalue weighted by Gasteiger charge is 2.28. The van der Waals surface area contributed by atoms with Gasteiger partial charge in [0.05, 0.1) is 13.1 Å². The summed E-state index contributed by atoms with van der Waals surface area (Å²) in [6.45, 7) is 0.432. The second kappa shape index (κ2) is 4.14. The van der Waals surface area contributed by atoms with Crippen LogP contribution < -0.4 is 5.32 Å². The first kappa shape index (κ1) is 10.8. The zero-order valence-corrected chi connectivity index (χ0v) is 9.72. The topological polar surface area (TPSA) is 49.4 Å². The van der Waals surface area contributed by atoms with Crippen molar-refractivity contribution in [3.8, 4) is 0 Å². The van der Waals surface area contributed by atoms with Gasteiger partial charge >= 0.3 is 6.03 Å². The summed E-state index contributed by atoms with van der Waals surface area (Å²) in [4.78, 5) is 24.2. The monoisotopic (exact) mass is 240 g/mol. The highest BCUT2D eigenvalue weighted by atomic mass is 16.2. The Bertz CT molecular complexity index is 620. The van der Waals surface area contributed by atoms with Gasteiger partial charge in [-0.2, -0.15) is 0 Å². The predicted octanol–water partition coefficient (Wildman–Crippen LogP) is 1.89. The van der Waals surface area contributed by atoms with E-state index in [-0.39, 0.29) is 18.5 Å². The van der Waals surface area contributed by atoms with E-state index in [9.17, 15) is 9.59 Å². The number of hydrogen-bond acceptors (Lipinski definition) is 2. The normalized spacial score (nSPS) is 15.2. The summed E-state index contributed by atoms with van der Waals surface area (Å²) in [7, 11) is 0. The molecule has 3 rings (SSSR count). The lowest BCUT2D eigenvalue weighted by Crippen LogP contribution is -2.30. The molecule has 4 nitrogen and oxygen atoms in total. The first-order valence-electron chi connectivity index (χ1n) is 5.80. The van der Waals surface area contributed by atoms with Crippen LogP contribution in [0.1, 0.15) is 5.56 Å². The minimum Gasteiger partial charge on any atom is -0.329 e. The molecule has 1 heterocycles. The molecule has 3 amide bonds. The van der Waals surface area contributed by atoms with Gasteiger partial charge in [0, 0.05) is 0 Å². The summed E-state index contributed by atoms with van der Waals surface area (Å²) in [6.07, 6.45) is 0. The van der Waals surface area contributed by atoms with Crippen molar-refractivity contribution in [2.24, 2.45) is 0 Å². The number of rotatable bonds is 2. The molecule has 0 atom stereocenters. The Morgan fingerprint density at radius 2 is 1.83 bits per heavy atom. The van der Waals surface area contributed by atoms with E-state index in [0.29, 0.717) is 6.54 Å². The molecule has 0 aliphatic carbocycles. The number of urea groups is 1. The average molecular weight is 240 g/mol. The summed E-state index contributed by atoms with van der Waals surface area (Å²) < 4.78 is 0. The molecule has 0 aromatic heterocycles. The number of carbonyl (C=O) groups excluding carboxylic acids is 2. The molecule has 0 saturated carbocycles. The van der Waals surface area contributed by atoms with Crippen molar-refractivity contribution in [1.82, 2.24) is 10.2 Å². The third kappa shape index (κ3) is 1.82. The Morgan fingerprint density at radius 1 is 1.06 bits per heavy atom. The van der Waals surface area contributed by atoms with Crippen molar-refractivity contribution < 1.29 is 9.59 Å². The van der Waals surface area contributed by atoms with Crippen LogP contribution in [0.5, 0.6) is 0 Å². The van der Waals surface area contributed by atoms with Crippen molar-refractivity contribution in [2.75, 3.05) is 6.54 Å². The number of benzene rings is 2. The van der Waals surface area contributed by atoms with Gasteiger partial charge in [-0.1, -0.05) is 36.4 Å². The number of carbonyl (C=O) groups is 2. The van der Waals surface area contributed by atoms with E-state index in [1.54, 1.807) is 0 Å². The molecule has 1 fully saturated rings. The van der Waals surface area contributed by atoms with Crippen LogP contribution in [0.2, 0.25) is 0 Å². The molecule has 18 heavy (non-hydrogen) atoms. The minimum atomic E-state index is -0.312. The van der Waals surface area contributed by atoms with Gasteiger partial charge in [-0.15, -0.1) is 0 Å². The van der Waals surface area contributed by atoms with E-state index in [0.717, 1.165) is 16.3 Å². The predicted molar refractivity (Wildman–Crippen MR) is 67.9 cm³/mol. The Hall–Kier alpha value is -2.36. The van der Waals surface area contributed by atoms with Crippen LogP contribution in [0.15, 0.2) is 42.5 Å². The molecule has 90 valence electrons. The molecular formula is C14H12N2O2. The summed E-state index contributed by atoms with van der Waals surface area (Å²) >= 11 is 0. The first-order chi connectivity index (χ1) is 8.74. The quantitative estimate of drug-likeness (QED) is 0.815. The Balaban J connectivity index is 1.91. The maximum atomic E-state index is 11.5. The zero-order valence-electron chi connectivity index (χ0n) is 9.72. The molecule has 0 spiro atoms. The van der Waals surface area contributed by atoms with Gasteiger partial charge in [-0.25, -0.2) is 4.79 Å². The van der Waals surface area contributed by atoms with E-state index < -0.39 is 0 Å². The largest absolute Gasteiger partial charge is 0.329 e. The molecule has 4 heteroatoms. The minimum absolute atomic E-state index is 0.104. The molecule has 0 bridgehead atoms. The van der Waals surface area contributed by atoms with Crippen LogP contribution in [0.4, 0.5) is 4.79 Å². The lowest BCUT2D eigenvalue weighted by Gasteiger charge is -2.12. The lowest BCUT2D eigenvalue weighted by atomic mass is 10.1. The molecule has 0 unspecified atom stereocenters. The first-order valence-corrected chi connectivity index (χ1v) is 5.80. The molecule has 1 saturated heterocycles. The maximum Gasteiger partial charge on any atom is 0.324 e. The average Bonchev–Trinajstić information content (AvgIpc) is 2.70. The van der Waals surface area contributed by atoms with Gasteiger partial charge in [0.15, 0.2) is 0 Å². The summed E-state index contributed by atoms with van der Waals surface area (Å²) in [5, 5.41) is 4.78. The molecular weight excluding hydrogens is 228 g/mol. The van der Waals surface area contributed by atoms with Gasteiger partial charge in [-0.05, 0) is 22.4 Å². The summed E-state index contributed by atoms with van der Waals surface area (Å²) in [5.74, 6) is -0.173. The summed E-state index contributed by atoms with van der Waals surface area (Å²) in [6, 6.07) is 13.7. The van der Waals surface area contributed by atoms with E-state index in [4.69, 9.17) is 0 Å². The molecule has 2 aromatic rings. The zero-order chi connectivity index (χ0) is 12.5. The fourth-order valence-corrected chi connectivity index (χ4v) is 2.14. The van der Waals surface area contributed by atoms with Crippen LogP contribution in [-0.4, -0.2) is 23.4 Å².